The van der Waals surface area contributed by atoms with E-state index < -0.39 is 0 Å². The summed E-state index contributed by atoms with van der Waals surface area (Å²) in [4.78, 5) is 4.55. The Morgan fingerprint density at radius 2 is 2.24 bits per heavy atom. The van der Waals surface area contributed by atoms with Gasteiger partial charge in [-0.25, -0.2) is 9.50 Å². The minimum absolute atomic E-state index is 0.0914. The number of nitrogens with zero attached hydrogens (tertiary/aromatic N) is 3. The van der Waals surface area contributed by atoms with E-state index in [-0.39, 0.29) is 5.54 Å². The van der Waals surface area contributed by atoms with E-state index in [1.54, 1.807) is 0 Å². The molecule has 90 valence electrons. The van der Waals surface area contributed by atoms with Crippen LogP contribution in [0.2, 0.25) is 0 Å². The van der Waals surface area contributed by atoms with Gasteiger partial charge in [0.05, 0.1) is 0 Å². The maximum atomic E-state index is 6.19. The molecule has 1 aliphatic carbocycles. The number of hydrogen-bond donors (Lipinski definition) is 1. The number of nitrogens with two attached hydrogens (primary N) is 1. The van der Waals surface area contributed by atoms with E-state index in [0.29, 0.717) is 5.92 Å². The van der Waals surface area contributed by atoms with Gasteiger partial charge in [0.25, 0.3) is 0 Å². The van der Waals surface area contributed by atoms with E-state index in [1.807, 2.05) is 10.7 Å². The lowest BCUT2D eigenvalue weighted by Gasteiger charge is -2.07. The predicted octanol–water partition coefficient (Wildman–Crippen LogP) is 1.88. The van der Waals surface area contributed by atoms with E-state index in [1.165, 1.54) is 5.56 Å². The van der Waals surface area contributed by atoms with Crippen LogP contribution in [0.4, 0.5) is 0 Å². The molecule has 2 aromatic rings. The Morgan fingerprint density at radius 3 is 2.88 bits per heavy atom. The summed E-state index contributed by atoms with van der Waals surface area (Å²) in [7, 11) is 0. The molecule has 2 aromatic heterocycles. The van der Waals surface area contributed by atoms with Gasteiger partial charge >= 0.3 is 0 Å². The van der Waals surface area contributed by atoms with Crippen LogP contribution in [0.5, 0.6) is 0 Å². The zero-order valence-corrected chi connectivity index (χ0v) is 10.3. The number of fused-ring (bicyclic) bond motifs is 1. The average Bonchev–Trinajstić information content (AvgIpc) is 2.89. The number of aromatic nitrogens is 3. The molecule has 0 aromatic carbocycles. The summed E-state index contributed by atoms with van der Waals surface area (Å²) in [5.74, 6) is 1.50. The second-order valence-corrected chi connectivity index (χ2v) is 5.50. The third kappa shape index (κ3) is 1.93. The van der Waals surface area contributed by atoms with Gasteiger partial charge in [0.15, 0.2) is 11.5 Å². The lowest BCUT2D eigenvalue weighted by molar-refractivity contribution is 0.620. The molecule has 4 heteroatoms. The molecule has 2 heterocycles. The van der Waals surface area contributed by atoms with Crippen LogP contribution < -0.4 is 5.73 Å². The van der Waals surface area contributed by atoms with Gasteiger partial charge in [-0.05, 0) is 36.5 Å². The van der Waals surface area contributed by atoms with Crippen molar-refractivity contribution in [3.63, 3.8) is 0 Å². The second-order valence-electron chi connectivity index (χ2n) is 5.50. The molecule has 3 rings (SSSR count). The van der Waals surface area contributed by atoms with Crippen molar-refractivity contribution in [2.75, 3.05) is 0 Å². The third-order valence-electron chi connectivity index (χ3n) is 3.34. The molecule has 0 bridgehead atoms. The quantitative estimate of drug-likeness (QED) is 0.875. The first-order valence-electron chi connectivity index (χ1n) is 6.21. The number of pyridine rings is 1. The first-order chi connectivity index (χ1) is 8.07. The first kappa shape index (κ1) is 10.7. The molecule has 0 saturated heterocycles. The van der Waals surface area contributed by atoms with Gasteiger partial charge in [-0.15, -0.1) is 0 Å². The van der Waals surface area contributed by atoms with Gasteiger partial charge in [-0.1, -0.05) is 13.8 Å². The van der Waals surface area contributed by atoms with Gasteiger partial charge in [-0.3, -0.25) is 0 Å². The van der Waals surface area contributed by atoms with Crippen LogP contribution in [-0.4, -0.2) is 14.6 Å². The Balaban J connectivity index is 1.99. The van der Waals surface area contributed by atoms with Crippen LogP contribution in [0, 0.1) is 5.92 Å². The van der Waals surface area contributed by atoms with Crippen molar-refractivity contribution in [3.05, 3.63) is 29.7 Å². The Morgan fingerprint density at radius 1 is 1.47 bits per heavy atom. The van der Waals surface area contributed by atoms with Crippen molar-refractivity contribution in [2.45, 2.75) is 38.6 Å². The predicted molar refractivity (Wildman–Crippen MR) is 66.6 cm³/mol. The standard InChI is InChI=1S/C13H18N4/c1-9(2)7-11-15-12-8-10(13(14)4-5-13)3-6-17(12)16-11/h3,6,8-9H,4-5,7,14H2,1-2H3. The Hall–Kier alpha value is -1.42. The highest BCUT2D eigenvalue weighted by Gasteiger charge is 2.40. The van der Waals surface area contributed by atoms with Crippen LogP contribution in [0.15, 0.2) is 18.3 Å². The van der Waals surface area contributed by atoms with E-state index in [9.17, 15) is 0 Å². The summed E-state index contributed by atoms with van der Waals surface area (Å²) in [6, 6.07) is 4.14. The summed E-state index contributed by atoms with van der Waals surface area (Å²) >= 11 is 0. The summed E-state index contributed by atoms with van der Waals surface area (Å²) in [6.45, 7) is 4.35. The lowest BCUT2D eigenvalue weighted by atomic mass is 10.1. The molecule has 0 atom stereocenters. The normalized spacial score (nSPS) is 17.9. The molecule has 4 nitrogen and oxygen atoms in total. The maximum absolute atomic E-state index is 6.19. The average molecular weight is 230 g/mol. The van der Waals surface area contributed by atoms with Gasteiger partial charge in [0.1, 0.15) is 0 Å². The van der Waals surface area contributed by atoms with Crippen molar-refractivity contribution in [3.8, 4) is 0 Å². The van der Waals surface area contributed by atoms with Crippen LogP contribution >= 0.6 is 0 Å². The van der Waals surface area contributed by atoms with Crippen LogP contribution in [0.1, 0.15) is 38.1 Å². The fraction of sp³-hybridized carbons (Fsp3) is 0.538. The highest BCUT2D eigenvalue weighted by molar-refractivity contribution is 5.44. The van der Waals surface area contributed by atoms with E-state index in [0.717, 1.165) is 30.7 Å². The third-order valence-corrected chi connectivity index (χ3v) is 3.34. The fourth-order valence-corrected chi connectivity index (χ4v) is 2.11. The lowest BCUT2D eigenvalue weighted by Crippen LogP contribution is -2.18. The summed E-state index contributed by atoms with van der Waals surface area (Å²) in [5.41, 5.74) is 8.20. The molecular weight excluding hydrogens is 212 g/mol. The van der Waals surface area contributed by atoms with Gasteiger partial charge in [0, 0.05) is 18.2 Å². The minimum Gasteiger partial charge on any atom is -0.321 e. The van der Waals surface area contributed by atoms with Crippen molar-refractivity contribution in [1.29, 1.82) is 0 Å². The van der Waals surface area contributed by atoms with Crippen molar-refractivity contribution >= 4 is 5.65 Å². The topological polar surface area (TPSA) is 56.2 Å². The van der Waals surface area contributed by atoms with Gasteiger partial charge < -0.3 is 5.73 Å². The smallest absolute Gasteiger partial charge is 0.155 e. The monoisotopic (exact) mass is 230 g/mol. The Bertz CT molecular complexity index is 552. The largest absolute Gasteiger partial charge is 0.321 e. The van der Waals surface area contributed by atoms with Crippen molar-refractivity contribution in [2.24, 2.45) is 11.7 Å². The fourth-order valence-electron chi connectivity index (χ4n) is 2.11. The molecule has 0 unspecified atom stereocenters. The van der Waals surface area contributed by atoms with Crippen LogP contribution in [0.25, 0.3) is 5.65 Å². The van der Waals surface area contributed by atoms with E-state index >= 15 is 0 Å². The van der Waals surface area contributed by atoms with Crippen LogP contribution in [-0.2, 0) is 12.0 Å². The molecule has 2 N–H and O–H groups in total. The van der Waals surface area contributed by atoms with E-state index in [2.05, 4.69) is 36.1 Å². The molecule has 0 aliphatic heterocycles. The molecule has 1 saturated carbocycles. The maximum Gasteiger partial charge on any atom is 0.155 e. The van der Waals surface area contributed by atoms with Gasteiger partial charge in [0.2, 0.25) is 0 Å². The molecule has 0 spiro atoms. The Kier molecular flexibility index (Phi) is 2.23. The molecule has 17 heavy (non-hydrogen) atoms. The minimum atomic E-state index is -0.0914. The highest BCUT2D eigenvalue weighted by Crippen LogP contribution is 2.42. The first-order valence-corrected chi connectivity index (χ1v) is 6.21. The summed E-state index contributed by atoms with van der Waals surface area (Å²) in [5, 5.41) is 4.46. The zero-order chi connectivity index (χ0) is 12.0. The zero-order valence-electron chi connectivity index (χ0n) is 10.3. The molecule has 0 radical (unpaired) electrons. The van der Waals surface area contributed by atoms with E-state index in [4.69, 9.17) is 5.73 Å². The second kappa shape index (κ2) is 3.53. The summed E-state index contributed by atoms with van der Waals surface area (Å²) in [6.07, 6.45) is 5.05. The highest BCUT2D eigenvalue weighted by atomic mass is 15.3. The number of rotatable bonds is 3. The van der Waals surface area contributed by atoms with Gasteiger partial charge in [-0.2, -0.15) is 5.10 Å². The number of hydrogen-bond acceptors (Lipinski definition) is 3. The van der Waals surface area contributed by atoms with Crippen LogP contribution in [0.3, 0.4) is 0 Å². The molecular formula is C13H18N4. The molecule has 1 aliphatic rings. The molecule has 0 amide bonds. The molecule has 1 fully saturated rings. The Labute approximate surface area is 101 Å². The van der Waals surface area contributed by atoms with Crippen molar-refractivity contribution < 1.29 is 0 Å². The SMILES string of the molecule is CC(C)Cc1nc2cc(C3(N)CC3)ccn2n1. The van der Waals surface area contributed by atoms with Crippen molar-refractivity contribution in [1.82, 2.24) is 14.6 Å². The summed E-state index contributed by atoms with van der Waals surface area (Å²) < 4.78 is 1.84.